The number of hydrogen-bond acceptors (Lipinski definition) is 2. The molecule has 112 valence electrons. The zero-order chi connectivity index (χ0) is 15.1. The van der Waals surface area contributed by atoms with Crippen molar-refractivity contribution in [3.8, 4) is 0 Å². The van der Waals surface area contributed by atoms with Crippen LogP contribution in [-0.4, -0.2) is 35.9 Å². The number of nitrogens with zero attached hydrogens (tertiary/aromatic N) is 1. The number of benzene rings is 1. The smallest absolute Gasteiger partial charge is 0.267 e. The number of rotatable bonds is 7. The van der Waals surface area contributed by atoms with Crippen LogP contribution >= 0.6 is 15.9 Å². The molecular formula is C16H20BrN3O. The summed E-state index contributed by atoms with van der Waals surface area (Å²) in [6, 6.07) is 12.2. The highest BCUT2D eigenvalue weighted by Crippen LogP contribution is 2.10. The molecule has 0 fully saturated rings. The number of aromatic amines is 1. The van der Waals surface area contributed by atoms with Gasteiger partial charge in [0.05, 0.1) is 0 Å². The maximum absolute atomic E-state index is 11.8. The Morgan fingerprint density at radius 2 is 2.10 bits per heavy atom. The first-order valence-electron chi connectivity index (χ1n) is 7.00. The zero-order valence-electron chi connectivity index (χ0n) is 12.1. The van der Waals surface area contributed by atoms with Gasteiger partial charge in [-0.25, -0.2) is 0 Å². The van der Waals surface area contributed by atoms with Gasteiger partial charge in [-0.1, -0.05) is 30.3 Å². The Labute approximate surface area is 133 Å². The lowest BCUT2D eigenvalue weighted by Gasteiger charge is -2.16. The van der Waals surface area contributed by atoms with E-state index in [-0.39, 0.29) is 5.91 Å². The van der Waals surface area contributed by atoms with Crippen LogP contribution in [0.25, 0.3) is 0 Å². The van der Waals surface area contributed by atoms with Crippen LogP contribution in [0.5, 0.6) is 0 Å². The van der Waals surface area contributed by atoms with Crippen molar-refractivity contribution >= 4 is 21.8 Å². The summed E-state index contributed by atoms with van der Waals surface area (Å²) < 4.78 is 0.884. The van der Waals surface area contributed by atoms with Crippen LogP contribution in [0.3, 0.4) is 0 Å². The van der Waals surface area contributed by atoms with Gasteiger partial charge >= 0.3 is 0 Å². The zero-order valence-corrected chi connectivity index (χ0v) is 13.7. The average Bonchev–Trinajstić information content (AvgIpc) is 2.91. The van der Waals surface area contributed by atoms with Crippen molar-refractivity contribution in [3.63, 3.8) is 0 Å². The molecule has 4 nitrogen and oxygen atoms in total. The summed E-state index contributed by atoms with van der Waals surface area (Å²) in [4.78, 5) is 17.0. The second-order valence-corrected chi connectivity index (χ2v) is 5.98. The molecule has 0 saturated heterocycles. The molecule has 0 atom stereocenters. The van der Waals surface area contributed by atoms with E-state index in [1.54, 1.807) is 12.3 Å². The van der Waals surface area contributed by atoms with Crippen LogP contribution in [0.4, 0.5) is 0 Å². The first-order chi connectivity index (χ1) is 10.1. The van der Waals surface area contributed by atoms with Crippen LogP contribution in [0, 0.1) is 0 Å². The van der Waals surface area contributed by atoms with Gasteiger partial charge in [0.1, 0.15) is 5.69 Å². The molecule has 2 aromatic rings. The molecule has 21 heavy (non-hydrogen) atoms. The van der Waals surface area contributed by atoms with Crippen molar-refractivity contribution in [2.45, 2.75) is 13.0 Å². The largest absolute Gasteiger partial charge is 0.356 e. The highest BCUT2D eigenvalue weighted by Gasteiger charge is 2.07. The third-order valence-corrected chi connectivity index (χ3v) is 3.65. The summed E-state index contributed by atoms with van der Waals surface area (Å²) in [5.74, 6) is -0.0635. The number of aromatic nitrogens is 1. The van der Waals surface area contributed by atoms with Crippen LogP contribution in [0.1, 0.15) is 22.5 Å². The van der Waals surface area contributed by atoms with Crippen molar-refractivity contribution in [3.05, 3.63) is 58.3 Å². The minimum absolute atomic E-state index is 0.0635. The van der Waals surface area contributed by atoms with Crippen molar-refractivity contribution in [2.24, 2.45) is 0 Å². The van der Waals surface area contributed by atoms with Crippen molar-refractivity contribution in [1.29, 1.82) is 0 Å². The number of nitrogens with one attached hydrogen (secondary N) is 2. The van der Waals surface area contributed by atoms with E-state index >= 15 is 0 Å². The van der Waals surface area contributed by atoms with Gasteiger partial charge in [0.25, 0.3) is 5.91 Å². The van der Waals surface area contributed by atoms with Gasteiger partial charge in [-0.15, -0.1) is 0 Å². The lowest BCUT2D eigenvalue weighted by Crippen LogP contribution is -2.28. The van der Waals surface area contributed by atoms with Crippen LogP contribution in [0.2, 0.25) is 0 Å². The third kappa shape index (κ3) is 5.36. The molecule has 1 amide bonds. The number of carbonyl (C=O) groups excluding carboxylic acids is 1. The van der Waals surface area contributed by atoms with E-state index in [2.05, 4.69) is 62.4 Å². The molecule has 1 aromatic carbocycles. The Balaban J connectivity index is 1.64. The van der Waals surface area contributed by atoms with E-state index in [1.807, 2.05) is 6.07 Å². The van der Waals surface area contributed by atoms with E-state index in [1.165, 1.54) is 5.56 Å². The number of carbonyl (C=O) groups is 1. The molecule has 1 aromatic heterocycles. The van der Waals surface area contributed by atoms with Crippen molar-refractivity contribution in [2.75, 3.05) is 20.1 Å². The second-order valence-electron chi connectivity index (χ2n) is 5.06. The van der Waals surface area contributed by atoms with E-state index in [9.17, 15) is 4.79 Å². The summed E-state index contributed by atoms with van der Waals surface area (Å²) in [6.45, 7) is 2.55. The maximum atomic E-state index is 11.8. The van der Waals surface area contributed by atoms with E-state index < -0.39 is 0 Å². The standard InChI is InChI=1S/C16H20BrN3O/c1-20(12-13-6-3-2-4-7-13)9-5-8-18-16(21)15-10-14(17)11-19-15/h2-4,6-7,10-11,19H,5,8-9,12H2,1H3,(H,18,21). The van der Waals surface area contributed by atoms with Gasteiger partial charge < -0.3 is 15.2 Å². The number of halogens is 1. The molecule has 2 rings (SSSR count). The van der Waals surface area contributed by atoms with Crippen molar-refractivity contribution < 1.29 is 4.79 Å². The van der Waals surface area contributed by atoms with Gasteiger partial charge in [0, 0.05) is 23.8 Å². The second kappa shape index (κ2) is 8.00. The maximum Gasteiger partial charge on any atom is 0.267 e. The molecular weight excluding hydrogens is 330 g/mol. The molecule has 0 saturated carbocycles. The highest BCUT2D eigenvalue weighted by atomic mass is 79.9. The van der Waals surface area contributed by atoms with Gasteiger partial charge in [-0.2, -0.15) is 0 Å². The first kappa shape index (κ1) is 15.8. The van der Waals surface area contributed by atoms with Crippen LogP contribution < -0.4 is 5.32 Å². The Bertz CT molecular complexity index is 568. The van der Waals surface area contributed by atoms with Gasteiger partial charge in [0.2, 0.25) is 0 Å². The Hall–Kier alpha value is -1.59. The molecule has 0 bridgehead atoms. The molecule has 0 radical (unpaired) electrons. The Morgan fingerprint density at radius 3 is 2.76 bits per heavy atom. The number of amides is 1. The van der Waals surface area contributed by atoms with E-state index in [4.69, 9.17) is 0 Å². The monoisotopic (exact) mass is 349 g/mol. The molecule has 0 aliphatic heterocycles. The van der Waals surface area contributed by atoms with Crippen LogP contribution in [-0.2, 0) is 6.54 Å². The Kier molecular flexibility index (Phi) is 6.02. The summed E-state index contributed by atoms with van der Waals surface area (Å²) in [7, 11) is 2.09. The van der Waals surface area contributed by atoms with E-state index in [0.717, 1.165) is 24.0 Å². The van der Waals surface area contributed by atoms with Crippen molar-refractivity contribution in [1.82, 2.24) is 15.2 Å². The molecule has 0 aliphatic rings. The lowest BCUT2D eigenvalue weighted by atomic mass is 10.2. The van der Waals surface area contributed by atoms with E-state index in [0.29, 0.717) is 12.2 Å². The molecule has 2 N–H and O–H groups in total. The van der Waals surface area contributed by atoms with Gasteiger partial charge in [-0.3, -0.25) is 4.79 Å². The van der Waals surface area contributed by atoms with Gasteiger partial charge in [-0.05, 0) is 47.6 Å². The summed E-state index contributed by atoms with van der Waals surface area (Å²) >= 11 is 3.31. The fourth-order valence-corrected chi connectivity index (χ4v) is 2.46. The summed E-state index contributed by atoms with van der Waals surface area (Å²) in [5, 5.41) is 2.91. The molecule has 0 unspecified atom stereocenters. The average molecular weight is 350 g/mol. The summed E-state index contributed by atoms with van der Waals surface area (Å²) in [6.07, 6.45) is 2.68. The SMILES string of the molecule is CN(CCCNC(=O)c1cc(Br)c[nH]1)Cc1ccccc1. The lowest BCUT2D eigenvalue weighted by molar-refractivity contribution is 0.0947. The molecule has 1 heterocycles. The van der Waals surface area contributed by atoms with Gasteiger partial charge in [0.15, 0.2) is 0 Å². The van der Waals surface area contributed by atoms with Crippen LogP contribution in [0.15, 0.2) is 47.1 Å². The Morgan fingerprint density at radius 1 is 1.33 bits per heavy atom. The summed E-state index contributed by atoms with van der Waals surface area (Å²) in [5.41, 5.74) is 1.89. The topological polar surface area (TPSA) is 48.1 Å². The highest BCUT2D eigenvalue weighted by molar-refractivity contribution is 9.10. The number of hydrogen-bond donors (Lipinski definition) is 2. The molecule has 5 heteroatoms. The minimum atomic E-state index is -0.0635. The number of H-pyrrole nitrogens is 1. The third-order valence-electron chi connectivity index (χ3n) is 3.19. The minimum Gasteiger partial charge on any atom is -0.356 e. The quantitative estimate of drug-likeness (QED) is 0.754. The fourth-order valence-electron chi connectivity index (χ4n) is 2.12. The first-order valence-corrected chi connectivity index (χ1v) is 7.79. The predicted molar refractivity (Wildman–Crippen MR) is 88.2 cm³/mol. The molecule has 0 spiro atoms. The fraction of sp³-hybridized carbons (Fsp3) is 0.312. The normalized spacial score (nSPS) is 10.8. The predicted octanol–water partition coefficient (Wildman–Crippen LogP) is 3.03. The molecule has 0 aliphatic carbocycles.